The van der Waals surface area contributed by atoms with E-state index in [0.717, 1.165) is 11.5 Å². The number of terminal acetylenes is 1. The number of nitrogens with zero attached hydrogens (tertiary/aromatic N) is 2. The number of nitrogens with one attached hydrogen (secondary N) is 1. The van der Waals surface area contributed by atoms with E-state index in [4.69, 9.17) is 11.5 Å². The molecule has 68 valence electrons. The number of hydrogen-bond acceptors (Lipinski definition) is 5. The molecule has 13 heavy (non-hydrogen) atoms. The Kier molecular flexibility index (Phi) is 3.23. The van der Waals surface area contributed by atoms with Gasteiger partial charge in [-0.15, -0.1) is 12.3 Å². The molecule has 0 amide bonds. The van der Waals surface area contributed by atoms with Gasteiger partial charge in [0.15, 0.2) is 0 Å². The van der Waals surface area contributed by atoms with Gasteiger partial charge in [0.1, 0.15) is 12.4 Å². The summed E-state index contributed by atoms with van der Waals surface area (Å²) in [6, 6.07) is -0.794. The molecule has 0 saturated carbocycles. The fourth-order valence-electron chi connectivity index (χ4n) is 0.704. The molecule has 1 aromatic heterocycles. The Balaban J connectivity index is 2.59. The summed E-state index contributed by atoms with van der Waals surface area (Å²) >= 11 is 1.09. The lowest BCUT2D eigenvalue weighted by Crippen LogP contribution is -2.28. The second kappa shape index (κ2) is 4.42. The highest BCUT2D eigenvalue weighted by Crippen LogP contribution is 2.09. The molecule has 1 atom stereocenters. The summed E-state index contributed by atoms with van der Waals surface area (Å²) < 4.78 is 3.72. The average molecular weight is 197 g/mol. The second-order valence-corrected chi connectivity index (χ2v) is 2.97. The van der Waals surface area contributed by atoms with Crippen LogP contribution in [0.4, 0.5) is 5.13 Å². The first-order chi connectivity index (χ1) is 6.24. The molecular weight excluding hydrogens is 190 g/mol. The van der Waals surface area contributed by atoms with E-state index in [-0.39, 0.29) is 6.42 Å². The molecule has 6 heteroatoms. The van der Waals surface area contributed by atoms with Gasteiger partial charge in [0.2, 0.25) is 5.13 Å². The van der Waals surface area contributed by atoms with Crippen molar-refractivity contribution in [3.05, 3.63) is 6.33 Å². The molecule has 0 radical (unpaired) electrons. The van der Waals surface area contributed by atoms with Crippen LogP contribution in [-0.4, -0.2) is 26.5 Å². The SMILES string of the molecule is C#CCC(Nc1ncns1)C(=O)O. The summed E-state index contributed by atoms with van der Waals surface area (Å²) in [5, 5.41) is 11.8. The summed E-state index contributed by atoms with van der Waals surface area (Å²) in [5.41, 5.74) is 0. The van der Waals surface area contributed by atoms with Crippen molar-refractivity contribution in [2.45, 2.75) is 12.5 Å². The molecule has 5 nitrogen and oxygen atoms in total. The fraction of sp³-hybridized carbons (Fsp3) is 0.286. The molecular formula is C7H7N3O2S. The van der Waals surface area contributed by atoms with Crippen molar-refractivity contribution < 1.29 is 9.90 Å². The van der Waals surface area contributed by atoms with Crippen molar-refractivity contribution in [2.24, 2.45) is 0 Å². The Labute approximate surface area is 79.0 Å². The smallest absolute Gasteiger partial charge is 0.327 e. The molecule has 1 unspecified atom stereocenters. The normalized spacial score (nSPS) is 11.6. The van der Waals surface area contributed by atoms with Crippen LogP contribution in [0, 0.1) is 12.3 Å². The van der Waals surface area contributed by atoms with Crippen molar-refractivity contribution in [1.82, 2.24) is 9.36 Å². The molecule has 0 aliphatic carbocycles. The molecule has 2 N–H and O–H groups in total. The highest BCUT2D eigenvalue weighted by molar-refractivity contribution is 7.09. The van der Waals surface area contributed by atoms with E-state index in [2.05, 4.69) is 20.6 Å². The molecule has 0 aliphatic heterocycles. The van der Waals surface area contributed by atoms with E-state index in [9.17, 15) is 4.79 Å². The molecule has 1 aromatic rings. The molecule has 1 heterocycles. The number of carbonyl (C=O) groups is 1. The summed E-state index contributed by atoms with van der Waals surface area (Å²) in [5.74, 6) is 1.28. The lowest BCUT2D eigenvalue weighted by molar-refractivity contribution is -0.137. The predicted octanol–water partition coefficient (Wildman–Crippen LogP) is 0.426. The zero-order chi connectivity index (χ0) is 9.68. The van der Waals surface area contributed by atoms with Crippen LogP contribution in [0.15, 0.2) is 6.33 Å². The monoisotopic (exact) mass is 197 g/mol. The summed E-state index contributed by atoms with van der Waals surface area (Å²) in [4.78, 5) is 14.4. The zero-order valence-electron chi connectivity index (χ0n) is 6.60. The van der Waals surface area contributed by atoms with E-state index in [1.165, 1.54) is 6.33 Å². The summed E-state index contributed by atoms with van der Waals surface area (Å²) in [6.45, 7) is 0. The van der Waals surface area contributed by atoms with Crippen LogP contribution >= 0.6 is 11.5 Å². The minimum Gasteiger partial charge on any atom is -0.480 e. The van der Waals surface area contributed by atoms with Crippen molar-refractivity contribution in [2.75, 3.05) is 5.32 Å². The van der Waals surface area contributed by atoms with Crippen molar-refractivity contribution >= 4 is 22.6 Å². The number of carboxylic acid groups (broad SMARTS) is 1. The topological polar surface area (TPSA) is 75.1 Å². The Morgan fingerprint density at radius 1 is 1.92 bits per heavy atom. The average Bonchev–Trinajstić information content (AvgIpc) is 2.56. The Hall–Kier alpha value is -1.61. The Morgan fingerprint density at radius 3 is 3.15 bits per heavy atom. The minimum absolute atomic E-state index is 0.120. The van der Waals surface area contributed by atoms with Gasteiger partial charge >= 0.3 is 5.97 Å². The molecule has 0 saturated heterocycles. The molecule has 0 spiro atoms. The number of rotatable bonds is 4. The molecule has 0 aromatic carbocycles. The Morgan fingerprint density at radius 2 is 2.69 bits per heavy atom. The third-order valence-electron chi connectivity index (χ3n) is 1.28. The molecule has 0 aliphatic rings. The Bertz CT molecular complexity index is 317. The summed E-state index contributed by atoms with van der Waals surface area (Å²) in [6.07, 6.45) is 6.48. The number of carboxylic acids is 1. The quantitative estimate of drug-likeness (QED) is 0.684. The van der Waals surface area contributed by atoms with Crippen molar-refractivity contribution in [3.63, 3.8) is 0 Å². The van der Waals surface area contributed by atoms with E-state index in [0.29, 0.717) is 5.13 Å². The van der Waals surface area contributed by atoms with Gasteiger partial charge in [0.25, 0.3) is 0 Å². The first-order valence-corrected chi connectivity index (χ1v) is 4.21. The van der Waals surface area contributed by atoms with Gasteiger partial charge < -0.3 is 10.4 Å². The third-order valence-corrected chi connectivity index (χ3v) is 1.87. The van der Waals surface area contributed by atoms with Gasteiger partial charge in [-0.05, 0) is 0 Å². The van der Waals surface area contributed by atoms with Crippen molar-refractivity contribution in [1.29, 1.82) is 0 Å². The van der Waals surface area contributed by atoms with Gasteiger partial charge in [-0.3, -0.25) is 0 Å². The van der Waals surface area contributed by atoms with Gasteiger partial charge in [-0.2, -0.15) is 4.37 Å². The zero-order valence-corrected chi connectivity index (χ0v) is 7.41. The predicted molar refractivity (Wildman–Crippen MR) is 48.4 cm³/mol. The van der Waals surface area contributed by atoms with Crippen LogP contribution in [0.3, 0.4) is 0 Å². The third kappa shape index (κ3) is 2.72. The maximum absolute atomic E-state index is 10.6. The maximum Gasteiger partial charge on any atom is 0.327 e. The molecule has 0 bridgehead atoms. The molecule has 0 fully saturated rings. The largest absolute Gasteiger partial charge is 0.480 e. The lowest BCUT2D eigenvalue weighted by atomic mass is 10.2. The standard InChI is InChI=1S/C7H7N3O2S/c1-2-3-5(6(11)12)10-7-8-4-9-13-7/h1,4-5H,3H2,(H,11,12)(H,8,9,10). The van der Waals surface area contributed by atoms with Crippen LogP contribution in [0.25, 0.3) is 0 Å². The van der Waals surface area contributed by atoms with E-state index < -0.39 is 12.0 Å². The highest BCUT2D eigenvalue weighted by atomic mass is 32.1. The number of aliphatic carboxylic acids is 1. The number of anilines is 1. The first kappa shape index (κ1) is 9.48. The van der Waals surface area contributed by atoms with Crippen LogP contribution in [0.1, 0.15) is 6.42 Å². The van der Waals surface area contributed by atoms with Crippen LogP contribution in [-0.2, 0) is 4.79 Å². The van der Waals surface area contributed by atoms with E-state index >= 15 is 0 Å². The van der Waals surface area contributed by atoms with Gasteiger partial charge in [0, 0.05) is 18.0 Å². The fourth-order valence-corrected chi connectivity index (χ4v) is 1.19. The van der Waals surface area contributed by atoms with Gasteiger partial charge in [-0.1, -0.05) is 0 Å². The molecule has 1 rings (SSSR count). The number of hydrogen-bond donors (Lipinski definition) is 2. The van der Waals surface area contributed by atoms with Crippen LogP contribution in [0.2, 0.25) is 0 Å². The van der Waals surface area contributed by atoms with Gasteiger partial charge in [0.05, 0.1) is 0 Å². The number of aromatic nitrogens is 2. The van der Waals surface area contributed by atoms with E-state index in [1.807, 2.05) is 0 Å². The van der Waals surface area contributed by atoms with E-state index in [1.54, 1.807) is 0 Å². The van der Waals surface area contributed by atoms with Gasteiger partial charge in [-0.25, -0.2) is 9.78 Å². The lowest BCUT2D eigenvalue weighted by Gasteiger charge is -2.08. The van der Waals surface area contributed by atoms with Crippen LogP contribution < -0.4 is 5.32 Å². The maximum atomic E-state index is 10.6. The van der Waals surface area contributed by atoms with Crippen molar-refractivity contribution in [3.8, 4) is 12.3 Å². The highest BCUT2D eigenvalue weighted by Gasteiger charge is 2.16. The minimum atomic E-state index is -0.992. The first-order valence-electron chi connectivity index (χ1n) is 3.43. The van der Waals surface area contributed by atoms with Crippen LogP contribution in [0.5, 0.6) is 0 Å². The summed E-state index contributed by atoms with van der Waals surface area (Å²) in [7, 11) is 0. The second-order valence-electron chi connectivity index (χ2n) is 2.19.